The summed E-state index contributed by atoms with van der Waals surface area (Å²) in [6.07, 6.45) is 0.0147. The number of amides is 3. The number of benzene rings is 1. The van der Waals surface area contributed by atoms with Gasteiger partial charge in [-0.25, -0.2) is 4.79 Å². The first-order valence-electron chi connectivity index (χ1n) is 12.8. The molecule has 1 rings (SSSR count). The van der Waals surface area contributed by atoms with Gasteiger partial charge in [0.15, 0.2) is 0 Å². The van der Waals surface area contributed by atoms with Crippen LogP contribution in [0.5, 0.6) is 0 Å². The molecule has 2 atom stereocenters. The van der Waals surface area contributed by atoms with Crippen LogP contribution in [0.3, 0.4) is 0 Å². The number of nitrogens with one attached hydrogen (secondary N) is 2. The number of nitrogens with zero attached hydrogens (tertiary/aromatic N) is 1. The first-order chi connectivity index (χ1) is 17.3. The molecule has 0 aliphatic carbocycles. The lowest BCUT2D eigenvalue weighted by Gasteiger charge is -2.35. The molecule has 3 amide bonds. The van der Waals surface area contributed by atoms with Gasteiger partial charge in [-0.3, -0.25) is 14.4 Å². The first-order valence-corrected chi connectivity index (χ1v) is 12.8. The van der Waals surface area contributed by atoms with Crippen LogP contribution in [0.25, 0.3) is 0 Å². The van der Waals surface area contributed by atoms with Crippen molar-refractivity contribution in [3.05, 3.63) is 35.4 Å². The van der Waals surface area contributed by atoms with E-state index in [1.165, 1.54) is 4.90 Å². The average Bonchev–Trinajstić information content (AvgIpc) is 2.81. The molecule has 10 nitrogen and oxygen atoms in total. The molecule has 2 unspecified atom stereocenters. The summed E-state index contributed by atoms with van der Waals surface area (Å²) in [5.74, 6) is -1.84. The van der Waals surface area contributed by atoms with Gasteiger partial charge in [-0.1, -0.05) is 45.0 Å². The van der Waals surface area contributed by atoms with Crippen molar-refractivity contribution < 1.29 is 33.8 Å². The summed E-state index contributed by atoms with van der Waals surface area (Å²) in [5, 5.41) is 15.1. The molecular weight excluding hydrogens is 478 g/mol. The Hall–Kier alpha value is -3.14. The zero-order chi connectivity index (χ0) is 28.2. The Morgan fingerprint density at radius 2 is 1.68 bits per heavy atom. The van der Waals surface area contributed by atoms with E-state index in [4.69, 9.17) is 9.47 Å². The van der Waals surface area contributed by atoms with E-state index in [0.717, 1.165) is 12.0 Å². The number of hydrogen-bond donors (Lipinski definition) is 3. The molecular formula is C27H43N3O7. The summed E-state index contributed by atoms with van der Waals surface area (Å²) in [4.78, 5) is 52.6. The van der Waals surface area contributed by atoms with Crippen molar-refractivity contribution in [2.24, 2.45) is 5.92 Å². The highest BCUT2D eigenvalue weighted by Crippen LogP contribution is 2.24. The average molecular weight is 522 g/mol. The third-order valence-electron chi connectivity index (χ3n) is 5.43. The molecule has 10 heteroatoms. The topological polar surface area (TPSA) is 134 Å². The van der Waals surface area contributed by atoms with Gasteiger partial charge < -0.3 is 30.1 Å². The van der Waals surface area contributed by atoms with E-state index in [0.29, 0.717) is 5.56 Å². The minimum atomic E-state index is -1.10. The van der Waals surface area contributed by atoms with Gasteiger partial charge in [0, 0.05) is 13.1 Å². The van der Waals surface area contributed by atoms with Gasteiger partial charge in [-0.15, -0.1) is 0 Å². The Morgan fingerprint density at radius 1 is 1.05 bits per heavy atom. The molecule has 37 heavy (non-hydrogen) atoms. The fourth-order valence-electron chi connectivity index (χ4n) is 3.63. The fraction of sp³-hybridized carbons (Fsp3) is 0.630. The second-order valence-corrected chi connectivity index (χ2v) is 9.97. The fourth-order valence-corrected chi connectivity index (χ4v) is 3.63. The van der Waals surface area contributed by atoms with Crippen molar-refractivity contribution in [2.75, 3.05) is 26.3 Å². The van der Waals surface area contributed by atoms with Gasteiger partial charge in [-0.2, -0.15) is 0 Å². The van der Waals surface area contributed by atoms with Gasteiger partial charge in [-0.05, 0) is 51.2 Å². The molecule has 0 bridgehead atoms. The zero-order valence-corrected chi connectivity index (χ0v) is 23.1. The van der Waals surface area contributed by atoms with E-state index in [9.17, 15) is 24.3 Å². The molecule has 0 heterocycles. The van der Waals surface area contributed by atoms with Crippen LogP contribution in [0.2, 0.25) is 0 Å². The predicted octanol–water partition coefficient (Wildman–Crippen LogP) is 2.73. The number of aliphatic hydroxyl groups is 1. The highest BCUT2D eigenvalue weighted by molar-refractivity contribution is 5.92. The van der Waals surface area contributed by atoms with E-state index in [2.05, 4.69) is 10.6 Å². The Morgan fingerprint density at radius 3 is 2.16 bits per heavy atom. The van der Waals surface area contributed by atoms with Gasteiger partial charge >= 0.3 is 12.1 Å². The maximum Gasteiger partial charge on any atom is 0.408 e. The number of alkyl carbamates (subject to hydrolysis) is 1. The molecule has 0 saturated heterocycles. The first kappa shape index (κ1) is 31.9. The molecule has 0 spiro atoms. The Labute approximate surface area is 220 Å². The van der Waals surface area contributed by atoms with Crippen molar-refractivity contribution in [3.63, 3.8) is 0 Å². The molecule has 3 N–H and O–H groups in total. The lowest BCUT2D eigenvalue weighted by atomic mass is 9.98. The molecule has 0 aromatic heterocycles. The maximum absolute atomic E-state index is 13.8. The van der Waals surface area contributed by atoms with E-state index < -0.39 is 48.2 Å². The Balaban J connectivity index is 3.33. The minimum absolute atomic E-state index is 0.0200. The summed E-state index contributed by atoms with van der Waals surface area (Å²) in [7, 11) is 0. The number of carbonyl (C=O) groups excluding carboxylic acids is 4. The van der Waals surface area contributed by atoms with Crippen LogP contribution in [0.15, 0.2) is 24.3 Å². The number of rotatable bonds is 13. The Kier molecular flexibility index (Phi) is 13.1. The second kappa shape index (κ2) is 15.2. The highest BCUT2D eigenvalue weighted by atomic mass is 16.6. The standard InChI is InChI=1S/C27H43N3O7/c1-8-19-10-12-20(13-11-19)23(24(33)28-15-14-21(32)36-9-2)30(16-17-31)25(34)22(18(3)4)29-26(35)37-27(5,6)7/h10-13,18,22-23,31H,8-9,14-17H2,1-7H3,(H,28,33)(H,29,35). The normalized spacial score (nSPS) is 12.9. The molecule has 0 aliphatic rings. The van der Waals surface area contributed by atoms with Crippen molar-refractivity contribution in [1.29, 1.82) is 0 Å². The van der Waals surface area contributed by atoms with Crippen molar-refractivity contribution in [2.45, 2.75) is 79.0 Å². The summed E-state index contributed by atoms with van der Waals surface area (Å²) in [6, 6.07) is 5.15. The quantitative estimate of drug-likeness (QED) is 0.340. The Bertz CT molecular complexity index is 894. The molecule has 0 aliphatic heterocycles. The van der Waals surface area contributed by atoms with Crippen molar-refractivity contribution in [3.8, 4) is 0 Å². The minimum Gasteiger partial charge on any atom is -0.466 e. The van der Waals surface area contributed by atoms with Crippen LogP contribution in [0, 0.1) is 5.92 Å². The van der Waals surface area contributed by atoms with Crippen molar-refractivity contribution >= 4 is 23.9 Å². The molecule has 0 saturated carbocycles. The molecule has 0 radical (unpaired) electrons. The molecule has 1 aromatic rings. The summed E-state index contributed by atoms with van der Waals surface area (Å²) in [6.45, 7) is 12.1. The van der Waals surface area contributed by atoms with E-state index in [1.807, 2.05) is 19.1 Å². The van der Waals surface area contributed by atoms with Crippen molar-refractivity contribution in [1.82, 2.24) is 15.5 Å². The number of aryl methyl sites for hydroxylation is 1. The van der Waals surface area contributed by atoms with E-state index in [1.54, 1.807) is 53.7 Å². The molecule has 208 valence electrons. The summed E-state index contributed by atoms with van der Waals surface area (Å²) >= 11 is 0. The maximum atomic E-state index is 13.8. The van der Waals surface area contributed by atoms with Crippen LogP contribution in [-0.2, 0) is 30.3 Å². The molecule has 1 aromatic carbocycles. The van der Waals surface area contributed by atoms with Gasteiger partial charge in [0.05, 0.1) is 19.6 Å². The van der Waals surface area contributed by atoms with E-state index >= 15 is 0 Å². The van der Waals surface area contributed by atoms with Crippen LogP contribution in [0.1, 0.15) is 72.1 Å². The third-order valence-corrected chi connectivity index (χ3v) is 5.43. The zero-order valence-electron chi connectivity index (χ0n) is 23.1. The van der Waals surface area contributed by atoms with Crippen LogP contribution in [-0.4, -0.2) is 71.8 Å². The number of hydrogen-bond acceptors (Lipinski definition) is 7. The number of ether oxygens (including phenoxy) is 2. The summed E-state index contributed by atoms with van der Waals surface area (Å²) in [5.41, 5.74) is 0.825. The van der Waals surface area contributed by atoms with Crippen LogP contribution >= 0.6 is 0 Å². The number of esters is 1. The van der Waals surface area contributed by atoms with Crippen LogP contribution in [0.4, 0.5) is 4.79 Å². The predicted molar refractivity (Wildman–Crippen MR) is 140 cm³/mol. The van der Waals surface area contributed by atoms with Gasteiger partial charge in [0.2, 0.25) is 11.8 Å². The number of carbonyl (C=O) groups is 4. The third kappa shape index (κ3) is 10.8. The number of aliphatic hydroxyl groups excluding tert-OH is 1. The lowest BCUT2D eigenvalue weighted by Crippen LogP contribution is -2.55. The lowest BCUT2D eigenvalue weighted by molar-refractivity contribution is -0.145. The van der Waals surface area contributed by atoms with E-state index in [-0.39, 0.29) is 32.0 Å². The SMILES string of the molecule is CCOC(=O)CCNC(=O)C(c1ccc(CC)cc1)N(CCO)C(=O)C(NC(=O)OC(C)(C)C)C(C)C. The smallest absolute Gasteiger partial charge is 0.408 e. The second-order valence-electron chi connectivity index (χ2n) is 9.97. The van der Waals surface area contributed by atoms with Gasteiger partial charge in [0.1, 0.15) is 17.7 Å². The molecule has 0 fully saturated rings. The summed E-state index contributed by atoms with van der Waals surface area (Å²) < 4.78 is 10.2. The highest BCUT2D eigenvalue weighted by Gasteiger charge is 2.37. The van der Waals surface area contributed by atoms with Gasteiger partial charge in [0.25, 0.3) is 0 Å². The largest absolute Gasteiger partial charge is 0.466 e. The monoisotopic (exact) mass is 521 g/mol. The van der Waals surface area contributed by atoms with Crippen LogP contribution < -0.4 is 10.6 Å².